The molecule has 1 aliphatic heterocycles. The van der Waals surface area contributed by atoms with Gasteiger partial charge in [-0.25, -0.2) is 8.42 Å². The first-order valence-corrected chi connectivity index (χ1v) is 8.82. The molecular weight excluding hydrogens is 354 g/mol. The Balaban J connectivity index is 2.12. The highest BCUT2D eigenvalue weighted by molar-refractivity contribution is 9.10. The van der Waals surface area contributed by atoms with Crippen LogP contribution in [0.1, 0.15) is 12.0 Å². The number of halogens is 1. The average Bonchev–Trinajstić information content (AvgIpc) is 2.47. The number of hydrogen-bond donors (Lipinski definition) is 1. The molecule has 4 nitrogen and oxygen atoms in total. The van der Waals surface area contributed by atoms with E-state index < -0.39 is 10.0 Å². The van der Waals surface area contributed by atoms with Crippen molar-refractivity contribution in [3.8, 4) is 5.75 Å². The number of rotatable bonds is 2. The molecule has 0 radical (unpaired) electrons. The van der Waals surface area contributed by atoms with Crippen LogP contribution in [-0.2, 0) is 16.4 Å². The summed E-state index contributed by atoms with van der Waals surface area (Å²) in [6, 6.07) is 11.6. The number of benzene rings is 2. The molecule has 21 heavy (non-hydrogen) atoms. The molecule has 0 atom stereocenters. The molecule has 0 amide bonds. The fourth-order valence-corrected chi connectivity index (χ4v) is 4.39. The van der Waals surface area contributed by atoms with Crippen molar-refractivity contribution in [2.24, 2.45) is 0 Å². The van der Waals surface area contributed by atoms with E-state index >= 15 is 0 Å². The number of nitrogens with zero attached hydrogens (tertiary/aromatic N) is 1. The Bertz CT molecular complexity index is 772. The number of aryl methyl sites for hydroxylation is 1. The number of hydrogen-bond acceptors (Lipinski definition) is 3. The molecule has 0 unspecified atom stereocenters. The largest absolute Gasteiger partial charge is 0.506 e. The van der Waals surface area contributed by atoms with Crippen molar-refractivity contribution >= 4 is 31.6 Å². The summed E-state index contributed by atoms with van der Waals surface area (Å²) in [7, 11) is -3.66. The predicted octanol–water partition coefficient (Wildman–Crippen LogP) is 3.30. The van der Waals surface area contributed by atoms with Crippen molar-refractivity contribution in [2.45, 2.75) is 17.7 Å². The van der Waals surface area contributed by atoms with Crippen LogP contribution in [-0.4, -0.2) is 20.1 Å². The van der Waals surface area contributed by atoms with Crippen LogP contribution in [0.15, 0.2) is 51.8 Å². The molecule has 0 aliphatic carbocycles. The van der Waals surface area contributed by atoms with E-state index in [0.717, 1.165) is 22.9 Å². The first-order valence-electron chi connectivity index (χ1n) is 6.59. The fraction of sp³-hybridized carbons (Fsp3) is 0.200. The minimum absolute atomic E-state index is 0.00730. The summed E-state index contributed by atoms with van der Waals surface area (Å²) in [5, 5.41) is 10.1. The highest BCUT2D eigenvalue weighted by Gasteiger charge is 2.31. The minimum atomic E-state index is -3.66. The van der Waals surface area contributed by atoms with Crippen LogP contribution in [0.2, 0.25) is 0 Å². The summed E-state index contributed by atoms with van der Waals surface area (Å²) in [5.74, 6) is 0.00730. The van der Waals surface area contributed by atoms with E-state index in [1.807, 2.05) is 6.07 Å². The van der Waals surface area contributed by atoms with Gasteiger partial charge in [0, 0.05) is 11.0 Å². The quantitative estimate of drug-likeness (QED) is 0.885. The molecule has 2 aromatic rings. The molecule has 1 aliphatic rings. The second-order valence-electron chi connectivity index (χ2n) is 4.92. The van der Waals surface area contributed by atoms with Gasteiger partial charge in [-0.05, 0) is 48.7 Å². The molecule has 0 saturated carbocycles. The third kappa shape index (κ3) is 2.53. The van der Waals surface area contributed by atoms with Gasteiger partial charge in [0.15, 0.2) is 0 Å². The lowest BCUT2D eigenvalue weighted by Crippen LogP contribution is -2.35. The lowest BCUT2D eigenvalue weighted by Gasteiger charge is -2.31. The van der Waals surface area contributed by atoms with Crippen molar-refractivity contribution in [3.63, 3.8) is 0 Å². The zero-order valence-corrected chi connectivity index (χ0v) is 13.6. The Hall–Kier alpha value is -1.53. The third-order valence-corrected chi connectivity index (χ3v) is 5.90. The smallest absolute Gasteiger partial charge is 0.264 e. The number of anilines is 1. The molecule has 0 spiro atoms. The molecule has 1 heterocycles. The SMILES string of the molecule is O=S(=O)(c1ccc(Br)cc1)N1CCCc2cccc(O)c21. The normalized spacial score (nSPS) is 14.8. The zero-order valence-electron chi connectivity index (χ0n) is 11.2. The Morgan fingerprint density at radius 1 is 1.10 bits per heavy atom. The van der Waals surface area contributed by atoms with Gasteiger partial charge < -0.3 is 5.11 Å². The standard InChI is InChI=1S/C15H14BrNO3S/c16-12-6-8-13(9-7-12)21(19,20)17-10-2-4-11-3-1-5-14(18)15(11)17/h1,3,5-9,18H,2,4,10H2. The minimum Gasteiger partial charge on any atom is -0.506 e. The number of aromatic hydroxyl groups is 1. The van der Waals surface area contributed by atoms with Crippen LogP contribution < -0.4 is 4.31 Å². The Morgan fingerprint density at radius 2 is 1.81 bits per heavy atom. The van der Waals surface area contributed by atoms with Crippen LogP contribution in [0.4, 0.5) is 5.69 Å². The van der Waals surface area contributed by atoms with E-state index in [4.69, 9.17) is 0 Å². The lowest BCUT2D eigenvalue weighted by molar-refractivity contribution is 0.472. The molecule has 0 fully saturated rings. The monoisotopic (exact) mass is 367 g/mol. The van der Waals surface area contributed by atoms with Gasteiger partial charge in [0.05, 0.1) is 10.6 Å². The van der Waals surface area contributed by atoms with Gasteiger partial charge in [0.25, 0.3) is 10.0 Å². The summed E-state index contributed by atoms with van der Waals surface area (Å²) in [4.78, 5) is 0.224. The highest BCUT2D eigenvalue weighted by atomic mass is 79.9. The van der Waals surface area contributed by atoms with E-state index in [-0.39, 0.29) is 10.6 Å². The third-order valence-electron chi connectivity index (χ3n) is 3.56. The molecule has 1 N–H and O–H groups in total. The first kappa shape index (κ1) is 14.4. The highest BCUT2D eigenvalue weighted by Crippen LogP contribution is 2.38. The summed E-state index contributed by atoms with van der Waals surface area (Å²) in [6.07, 6.45) is 1.52. The van der Waals surface area contributed by atoms with Crippen molar-refractivity contribution in [1.82, 2.24) is 0 Å². The van der Waals surface area contributed by atoms with Crippen molar-refractivity contribution in [2.75, 3.05) is 10.8 Å². The average molecular weight is 368 g/mol. The van der Waals surface area contributed by atoms with E-state index in [0.29, 0.717) is 12.2 Å². The number of fused-ring (bicyclic) bond motifs is 1. The summed E-state index contributed by atoms with van der Waals surface area (Å²) >= 11 is 3.30. The molecule has 110 valence electrons. The maximum atomic E-state index is 12.8. The fourth-order valence-electron chi connectivity index (χ4n) is 2.57. The molecule has 2 aromatic carbocycles. The van der Waals surface area contributed by atoms with Gasteiger partial charge >= 0.3 is 0 Å². The first-order chi connectivity index (χ1) is 10.00. The summed E-state index contributed by atoms with van der Waals surface area (Å²) in [6.45, 7) is 0.378. The van der Waals surface area contributed by atoms with Crippen LogP contribution in [0.3, 0.4) is 0 Å². The number of phenols is 1. The number of para-hydroxylation sites is 1. The molecule has 0 aromatic heterocycles. The zero-order chi connectivity index (χ0) is 15.0. The van der Waals surface area contributed by atoms with Crippen LogP contribution in [0.25, 0.3) is 0 Å². The van der Waals surface area contributed by atoms with Gasteiger partial charge in [-0.3, -0.25) is 4.31 Å². The number of sulfonamides is 1. The van der Waals surface area contributed by atoms with Crippen LogP contribution in [0, 0.1) is 0 Å². The summed E-state index contributed by atoms with van der Waals surface area (Å²) in [5.41, 5.74) is 1.27. The van der Waals surface area contributed by atoms with Gasteiger partial charge in [0.2, 0.25) is 0 Å². The van der Waals surface area contributed by atoms with Gasteiger partial charge in [-0.2, -0.15) is 0 Å². The van der Waals surface area contributed by atoms with Gasteiger partial charge in [-0.15, -0.1) is 0 Å². The van der Waals surface area contributed by atoms with Crippen LogP contribution in [0.5, 0.6) is 5.75 Å². The Kier molecular flexibility index (Phi) is 3.67. The van der Waals surface area contributed by atoms with E-state index in [1.165, 1.54) is 10.4 Å². The van der Waals surface area contributed by atoms with E-state index in [2.05, 4.69) is 15.9 Å². The number of phenolic OH excluding ortho intramolecular Hbond substituents is 1. The van der Waals surface area contributed by atoms with Crippen molar-refractivity contribution < 1.29 is 13.5 Å². The van der Waals surface area contributed by atoms with E-state index in [1.54, 1.807) is 30.3 Å². The maximum Gasteiger partial charge on any atom is 0.264 e. The van der Waals surface area contributed by atoms with Gasteiger partial charge in [-0.1, -0.05) is 28.1 Å². The molecular formula is C15H14BrNO3S. The Labute approximate surface area is 132 Å². The van der Waals surface area contributed by atoms with Crippen molar-refractivity contribution in [1.29, 1.82) is 0 Å². The Morgan fingerprint density at radius 3 is 2.52 bits per heavy atom. The summed E-state index contributed by atoms with van der Waals surface area (Å²) < 4.78 is 27.8. The van der Waals surface area contributed by atoms with Crippen LogP contribution >= 0.6 is 15.9 Å². The molecule has 0 saturated heterocycles. The van der Waals surface area contributed by atoms with Crippen molar-refractivity contribution in [3.05, 3.63) is 52.5 Å². The molecule has 3 rings (SSSR count). The second-order valence-corrected chi connectivity index (χ2v) is 7.70. The molecule has 6 heteroatoms. The molecule has 0 bridgehead atoms. The second kappa shape index (κ2) is 5.35. The topological polar surface area (TPSA) is 57.6 Å². The predicted molar refractivity (Wildman–Crippen MR) is 85.1 cm³/mol. The van der Waals surface area contributed by atoms with Gasteiger partial charge in [0.1, 0.15) is 5.75 Å². The lowest BCUT2D eigenvalue weighted by atomic mass is 10.0. The van der Waals surface area contributed by atoms with E-state index in [9.17, 15) is 13.5 Å². The maximum absolute atomic E-state index is 12.8.